The van der Waals surface area contributed by atoms with Crippen LogP contribution in [0.3, 0.4) is 0 Å². The van der Waals surface area contributed by atoms with Gasteiger partial charge in [0, 0.05) is 17.8 Å². The van der Waals surface area contributed by atoms with Crippen molar-refractivity contribution in [1.29, 1.82) is 0 Å². The Morgan fingerprint density at radius 2 is 1.88 bits per heavy atom. The number of nitro groups is 1. The van der Waals surface area contributed by atoms with Crippen molar-refractivity contribution < 1.29 is 4.92 Å². The quantitative estimate of drug-likeness (QED) is 0.481. The lowest BCUT2D eigenvalue weighted by atomic mass is 10.1. The second-order valence-corrected chi connectivity index (χ2v) is 3.91. The summed E-state index contributed by atoms with van der Waals surface area (Å²) in [5, 5.41) is 10.7. The molecule has 16 heavy (non-hydrogen) atoms. The molecule has 2 rings (SSSR count). The molecule has 2 aromatic rings. The first-order valence-electron chi connectivity index (χ1n) is 4.54. The average molecular weight is 279 g/mol. The van der Waals surface area contributed by atoms with Gasteiger partial charge in [0.2, 0.25) is 0 Å². The molecule has 0 saturated carbocycles. The number of benzene rings is 1. The molecule has 5 heteroatoms. The molecule has 0 radical (unpaired) electrons. The van der Waals surface area contributed by atoms with E-state index in [2.05, 4.69) is 20.9 Å². The highest BCUT2D eigenvalue weighted by atomic mass is 79.9. The first-order valence-corrected chi connectivity index (χ1v) is 5.33. The van der Waals surface area contributed by atoms with Crippen molar-refractivity contribution >= 4 is 21.6 Å². The maximum atomic E-state index is 10.7. The van der Waals surface area contributed by atoms with E-state index in [1.165, 1.54) is 6.07 Å². The summed E-state index contributed by atoms with van der Waals surface area (Å²) in [5.74, 6) is 0. The Kier molecular flexibility index (Phi) is 2.96. The average Bonchev–Trinajstić information content (AvgIpc) is 2.30. The third kappa shape index (κ3) is 2.09. The van der Waals surface area contributed by atoms with Crippen LogP contribution < -0.4 is 0 Å². The third-order valence-electron chi connectivity index (χ3n) is 2.12. The largest absolute Gasteiger partial charge is 0.302 e. The van der Waals surface area contributed by atoms with E-state index in [4.69, 9.17) is 0 Å². The van der Waals surface area contributed by atoms with Gasteiger partial charge >= 0.3 is 5.69 Å². The minimum absolute atomic E-state index is 0.0265. The van der Waals surface area contributed by atoms with Crippen LogP contribution in [0.15, 0.2) is 47.2 Å². The minimum Gasteiger partial charge on any atom is -0.258 e. The molecule has 0 atom stereocenters. The Morgan fingerprint density at radius 3 is 2.50 bits per heavy atom. The van der Waals surface area contributed by atoms with E-state index in [1.807, 2.05) is 30.3 Å². The molecule has 0 aliphatic carbocycles. The van der Waals surface area contributed by atoms with E-state index in [-0.39, 0.29) is 10.3 Å². The SMILES string of the molecule is O=[N+]([O-])c1cc(-c2ccccc2)cnc1Br. The van der Waals surface area contributed by atoms with Gasteiger partial charge in [0.25, 0.3) is 0 Å². The Bertz CT molecular complexity index is 529. The summed E-state index contributed by atoms with van der Waals surface area (Å²) in [5.41, 5.74) is 1.61. The highest BCUT2D eigenvalue weighted by molar-refractivity contribution is 9.10. The van der Waals surface area contributed by atoms with Crippen LogP contribution in [0.25, 0.3) is 11.1 Å². The molecule has 1 heterocycles. The van der Waals surface area contributed by atoms with Crippen LogP contribution in [0.2, 0.25) is 0 Å². The van der Waals surface area contributed by atoms with Crippen LogP contribution in [0.1, 0.15) is 0 Å². The fourth-order valence-corrected chi connectivity index (χ4v) is 1.71. The molecule has 0 fully saturated rings. The Balaban J connectivity index is 2.52. The van der Waals surface area contributed by atoms with Crippen LogP contribution in [-0.2, 0) is 0 Å². The lowest BCUT2D eigenvalue weighted by Gasteiger charge is -2.01. The molecular weight excluding hydrogens is 272 g/mol. The minimum atomic E-state index is -0.455. The predicted molar refractivity (Wildman–Crippen MR) is 64.0 cm³/mol. The zero-order chi connectivity index (χ0) is 11.5. The summed E-state index contributed by atoms with van der Waals surface area (Å²) in [6, 6.07) is 10.9. The first kappa shape index (κ1) is 10.8. The van der Waals surface area contributed by atoms with Crippen LogP contribution in [0.4, 0.5) is 5.69 Å². The summed E-state index contributed by atoms with van der Waals surface area (Å²) in [6.45, 7) is 0. The molecule has 0 aliphatic rings. The predicted octanol–water partition coefficient (Wildman–Crippen LogP) is 3.42. The van der Waals surface area contributed by atoms with Gasteiger partial charge < -0.3 is 0 Å². The summed E-state index contributed by atoms with van der Waals surface area (Å²) in [4.78, 5) is 14.2. The highest BCUT2D eigenvalue weighted by Gasteiger charge is 2.14. The number of pyridine rings is 1. The molecule has 1 aromatic carbocycles. The normalized spacial score (nSPS) is 10.1. The van der Waals surface area contributed by atoms with Crippen molar-refractivity contribution in [2.24, 2.45) is 0 Å². The zero-order valence-corrected chi connectivity index (χ0v) is 9.72. The van der Waals surface area contributed by atoms with Crippen molar-refractivity contribution in [2.75, 3.05) is 0 Å². The molecule has 0 unspecified atom stereocenters. The summed E-state index contributed by atoms with van der Waals surface area (Å²) >= 11 is 3.05. The molecule has 0 saturated heterocycles. The zero-order valence-electron chi connectivity index (χ0n) is 8.13. The Morgan fingerprint density at radius 1 is 1.19 bits per heavy atom. The fourth-order valence-electron chi connectivity index (χ4n) is 1.35. The van der Waals surface area contributed by atoms with Gasteiger partial charge in [0.1, 0.15) is 0 Å². The standard InChI is InChI=1S/C11H7BrN2O2/c12-11-10(14(15)16)6-9(7-13-11)8-4-2-1-3-5-8/h1-7H. The van der Waals surface area contributed by atoms with E-state index in [9.17, 15) is 10.1 Å². The third-order valence-corrected chi connectivity index (χ3v) is 2.74. The van der Waals surface area contributed by atoms with Gasteiger partial charge in [0.05, 0.1) is 4.92 Å². The lowest BCUT2D eigenvalue weighted by molar-refractivity contribution is -0.386. The number of halogens is 1. The smallest absolute Gasteiger partial charge is 0.258 e. The Hall–Kier alpha value is -1.75. The molecule has 0 N–H and O–H groups in total. The van der Waals surface area contributed by atoms with Crippen LogP contribution >= 0.6 is 15.9 Å². The summed E-state index contributed by atoms with van der Waals surface area (Å²) in [6.07, 6.45) is 1.60. The first-order chi connectivity index (χ1) is 7.68. The van der Waals surface area contributed by atoms with Gasteiger partial charge in [-0.2, -0.15) is 0 Å². The fraction of sp³-hybridized carbons (Fsp3) is 0. The number of aromatic nitrogens is 1. The van der Waals surface area contributed by atoms with E-state index in [1.54, 1.807) is 6.20 Å². The second-order valence-electron chi connectivity index (χ2n) is 3.16. The van der Waals surface area contributed by atoms with E-state index in [0.29, 0.717) is 0 Å². The monoisotopic (exact) mass is 278 g/mol. The molecule has 1 aromatic heterocycles. The molecule has 4 nitrogen and oxygen atoms in total. The number of rotatable bonds is 2. The molecule has 0 spiro atoms. The maximum absolute atomic E-state index is 10.7. The topological polar surface area (TPSA) is 56.0 Å². The number of nitrogens with zero attached hydrogens (tertiary/aromatic N) is 2. The van der Waals surface area contributed by atoms with Crippen LogP contribution in [0.5, 0.6) is 0 Å². The summed E-state index contributed by atoms with van der Waals surface area (Å²) < 4.78 is 0.247. The van der Waals surface area contributed by atoms with Crippen molar-refractivity contribution in [3.05, 3.63) is 57.3 Å². The summed E-state index contributed by atoms with van der Waals surface area (Å²) in [7, 11) is 0. The van der Waals surface area contributed by atoms with Gasteiger partial charge in [-0.25, -0.2) is 4.98 Å². The van der Waals surface area contributed by atoms with E-state index < -0.39 is 4.92 Å². The van der Waals surface area contributed by atoms with E-state index in [0.717, 1.165) is 11.1 Å². The molecule has 0 amide bonds. The van der Waals surface area contributed by atoms with Gasteiger partial charge in [0.15, 0.2) is 4.60 Å². The van der Waals surface area contributed by atoms with Gasteiger partial charge in [-0.3, -0.25) is 10.1 Å². The van der Waals surface area contributed by atoms with Crippen molar-refractivity contribution in [3.63, 3.8) is 0 Å². The van der Waals surface area contributed by atoms with Gasteiger partial charge in [-0.15, -0.1) is 0 Å². The van der Waals surface area contributed by atoms with Crippen LogP contribution in [-0.4, -0.2) is 9.91 Å². The Labute approximate surface area is 100 Å². The second kappa shape index (κ2) is 4.40. The maximum Gasteiger partial charge on any atom is 0.302 e. The molecule has 0 aliphatic heterocycles. The van der Waals surface area contributed by atoms with E-state index >= 15 is 0 Å². The number of hydrogen-bond donors (Lipinski definition) is 0. The van der Waals surface area contributed by atoms with Gasteiger partial charge in [-0.1, -0.05) is 30.3 Å². The highest BCUT2D eigenvalue weighted by Crippen LogP contribution is 2.28. The van der Waals surface area contributed by atoms with Crippen molar-refractivity contribution in [2.45, 2.75) is 0 Å². The lowest BCUT2D eigenvalue weighted by Crippen LogP contribution is -1.92. The molecule has 80 valence electrons. The molecule has 0 bridgehead atoms. The van der Waals surface area contributed by atoms with Crippen molar-refractivity contribution in [1.82, 2.24) is 4.98 Å². The van der Waals surface area contributed by atoms with Crippen LogP contribution in [0, 0.1) is 10.1 Å². The number of hydrogen-bond acceptors (Lipinski definition) is 3. The molecular formula is C11H7BrN2O2. The van der Waals surface area contributed by atoms with Crippen molar-refractivity contribution in [3.8, 4) is 11.1 Å². The van der Waals surface area contributed by atoms with Gasteiger partial charge in [-0.05, 0) is 21.5 Å².